The lowest BCUT2D eigenvalue weighted by Gasteiger charge is -2.17. The molecule has 1 aliphatic rings. The summed E-state index contributed by atoms with van der Waals surface area (Å²) in [6, 6.07) is 6.87. The second kappa shape index (κ2) is 7.08. The highest BCUT2D eigenvalue weighted by molar-refractivity contribution is 6.32. The van der Waals surface area contributed by atoms with Crippen molar-refractivity contribution in [1.82, 2.24) is 19.6 Å². The van der Waals surface area contributed by atoms with Crippen LogP contribution in [0.4, 0.5) is 11.6 Å². The average Bonchev–Trinajstić information content (AvgIpc) is 3.25. The normalized spacial score (nSPS) is 16.6. The molecule has 4 rings (SSSR count). The number of halogens is 1. The smallest absolute Gasteiger partial charge is 0.256 e. The van der Waals surface area contributed by atoms with E-state index >= 15 is 0 Å². The summed E-state index contributed by atoms with van der Waals surface area (Å²) in [5, 5.41) is 11.0. The van der Waals surface area contributed by atoms with Gasteiger partial charge >= 0.3 is 0 Å². The summed E-state index contributed by atoms with van der Waals surface area (Å²) in [7, 11) is 1.52. The van der Waals surface area contributed by atoms with E-state index in [1.807, 2.05) is 6.92 Å². The monoisotopic (exact) mass is 400 g/mol. The highest BCUT2D eigenvalue weighted by atomic mass is 35.5. The van der Waals surface area contributed by atoms with Crippen molar-refractivity contribution in [2.24, 2.45) is 5.92 Å². The molecule has 0 aliphatic carbocycles. The first-order valence-corrected chi connectivity index (χ1v) is 8.97. The van der Waals surface area contributed by atoms with E-state index in [1.165, 1.54) is 7.11 Å². The minimum absolute atomic E-state index is 0.101. The lowest BCUT2D eigenvalue weighted by Crippen LogP contribution is -2.28. The Hall–Kier alpha value is -3.20. The average molecular weight is 401 g/mol. The van der Waals surface area contributed by atoms with Crippen LogP contribution in [0.5, 0.6) is 5.75 Å². The number of methoxy groups -OCH3 is 1. The Balaban J connectivity index is 1.50. The van der Waals surface area contributed by atoms with Gasteiger partial charge in [0.15, 0.2) is 0 Å². The molecule has 0 saturated carbocycles. The fourth-order valence-corrected chi connectivity index (χ4v) is 3.38. The Kier molecular flexibility index (Phi) is 4.60. The van der Waals surface area contributed by atoms with Gasteiger partial charge in [-0.1, -0.05) is 11.6 Å². The van der Waals surface area contributed by atoms with Gasteiger partial charge in [-0.25, -0.2) is 4.98 Å². The van der Waals surface area contributed by atoms with Crippen molar-refractivity contribution in [2.75, 3.05) is 23.9 Å². The number of nitrogens with one attached hydrogen (secondary N) is 1. The second-order valence-corrected chi connectivity index (χ2v) is 6.88. The standard InChI is InChI=1S/C18H17ClN6O3/c1-10-5-6-24-17(20-10)22-23-18(24)21-16(27)11-7-15(26)25(9-11)12-3-4-14(28-2)13(19)8-12/h3-6,8,11H,7,9H2,1-2H3,(H,21,23,27). The highest BCUT2D eigenvalue weighted by Gasteiger charge is 2.35. The zero-order valence-electron chi connectivity index (χ0n) is 15.2. The SMILES string of the molecule is COc1ccc(N2CC(C(=O)Nc3nnc4nc(C)ccn34)CC2=O)cc1Cl. The number of carbonyl (C=O) groups is 2. The van der Waals surface area contributed by atoms with E-state index in [9.17, 15) is 9.59 Å². The molecule has 0 bridgehead atoms. The summed E-state index contributed by atoms with van der Waals surface area (Å²) in [6.07, 6.45) is 1.84. The van der Waals surface area contributed by atoms with Crippen molar-refractivity contribution < 1.29 is 14.3 Å². The van der Waals surface area contributed by atoms with Gasteiger partial charge in [-0.3, -0.25) is 19.3 Å². The number of aromatic nitrogens is 4. The molecule has 0 radical (unpaired) electrons. The van der Waals surface area contributed by atoms with Crippen LogP contribution >= 0.6 is 11.6 Å². The number of aryl methyl sites for hydroxylation is 1. The van der Waals surface area contributed by atoms with Crippen LogP contribution in [0.3, 0.4) is 0 Å². The van der Waals surface area contributed by atoms with Gasteiger partial charge < -0.3 is 9.64 Å². The number of ether oxygens (including phenoxy) is 1. The molecule has 3 aromatic rings. The Morgan fingerprint density at radius 2 is 2.14 bits per heavy atom. The van der Waals surface area contributed by atoms with E-state index in [4.69, 9.17) is 16.3 Å². The topological polar surface area (TPSA) is 102 Å². The van der Waals surface area contributed by atoms with Crippen molar-refractivity contribution in [2.45, 2.75) is 13.3 Å². The Labute approximate surface area is 165 Å². The van der Waals surface area contributed by atoms with Crippen LogP contribution in [0.1, 0.15) is 12.1 Å². The van der Waals surface area contributed by atoms with Crippen LogP contribution in [0.25, 0.3) is 5.78 Å². The van der Waals surface area contributed by atoms with Crippen LogP contribution in [-0.4, -0.2) is 45.1 Å². The third-order valence-corrected chi connectivity index (χ3v) is 4.89. The van der Waals surface area contributed by atoms with E-state index in [2.05, 4.69) is 20.5 Å². The molecular formula is C18H17ClN6O3. The number of nitrogens with zero attached hydrogens (tertiary/aromatic N) is 5. The van der Waals surface area contributed by atoms with Crippen molar-refractivity contribution in [1.29, 1.82) is 0 Å². The molecule has 28 heavy (non-hydrogen) atoms. The third-order valence-electron chi connectivity index (χ3n) is 4.60. The van der Waals surface area contributed by atoms with Gasteiger partial charge in [0.2, 0.25) is 17.8 Å². The molecule has 2 aromatic heterocycles. The predicted octanol–water partition coefficient (Wildman–Crippen LogP) is 2.09. The van der Waals surface area contributed by atoms with Gasteiger partial charge in [-0.05, 0) is 31.2 Å². The zero-order valence-corrected chi connectivity index (χ0v) is 16.0. The third kappa shape index (κ3) is 3.24. The van der Waals surface area contributed by atoms with Crippen molar-refractivity contribution >= 4 is 40.8 Å². The summed E-state index contributed by atoms with van der Waals surface area (Å²) in [4.78, 5) is 30.9. The molecule has 1 aliphatic heterocycles. The molecule has 2 amide bonds. The van der Waals surface area contributed by atoms with Crippen LogP contribution < -0.4 is 15.0 Å². The number of rotatable bonds is 4. The first kappa shape index (κ1) is 18.2. The maximum absolute atomic E-state index is 12.7. The summed E-state index contributed by atoms with van der Waals surface area (Å²) in [5.74, 6) is 0.223. The van der Waals surface area contributed by atoms with E-state index in [0.717, 1.165) is 5.69 Å². The number of fused-ring (bicyclic) bond motifs is 1. The van der Waals surface area contributed by atoms with E-state index in [-0.39, 0.29) is 30.7 Å². The number of hydrogen-bond acceptors (Lipinski definition) is 6. The fourth-order valence-electron chi connectivity index (χ4n) is 3.13. The maximum atomic E-state index is 12.7. The van der Waals surface area contributed by atoms with Crippen LogP contribution in [0.2, 0.25) is 5.02 Å². The summed E-state index contributed by atoms with van der Waals surface area (Å²) < 4.78 is 6.72. The molecule has 1 unspecified atom stereocenters. The molecule has 1 saturated heterocycles. The number of carbonyl (C=O) groups excluding carboxylic acids is 2. The van der Waals surface area contributed by atoms with Gasteiger partial charge in [-0.15, -0.1) is 10.2 Å². The summed E-state index contributed by atoms with van der Waals surface area (Å²) in [5.41, 5.74) is 1.42. The Bertz CT molecular complexity index is 1080. The van der Waals surface area contributed by atoms with E-state index < -0.39 is 5.92 Å². The summed E-state index contributed by atoms with van der Waals surface area (Å²) in [6.45, 7) is 2.10. The maximum Gasteiger partial charge on any atom is 0.256 e. The second-order valence-electron chi connectivity index (χ2n) is 6.48. The minimum atomic E-state index is -0.515. The van der Waals surface area contributed by atoms with Gasteiger partial charge in [0, 0.05) is 30.5 Å². The van der Waals surface area contributed by atoms with Gasteiger partial charge in [0.25, 0.3) is 5.78 Å². The molecule has 9 nitrogen and oxygen atoms in total. The fraction of sp³-hybridized carbons (Fsp3) is 0.278. The molecule has 3 heterocycles. The molecule has 10 heteroatoms. The number of hydrogen-bond donors (Lipinski definition) is 1. The minimum Gasteiger partial charge on any atom is -0.495 e. The Morgan fingerprint density at radius 3 is 2.89 bits per heavy atom. The largest absolute Gasteiger partial charge is 0.495 e. The molecular weight excluding hydrogens is 384 g/mol. The zero-order chi connectivity index (χ0) is 19.8. The summed E-state index contributed by atoms with van der Waals surface area (Å²) >= 11 is 6.15. The molecule has 144 valence electrons. The van der Waals surface area contributed by atoms with Gasteiger partial charge in [0.05, 0.1) is 18.1 Å². The molecule has 1 N–H and O–H groups in total. The highest BCUT2D eigenvalue weighted by Crippen LogP contribution is 2.32. The Morgan fingerprint density at radius 1 is 1.32 bits per heavy atom. The van der Waals surface area contributed by atoms with Crippen LogP contribution in [0, 0.1) is 12.8 Å². The molecule has 1 aromatic carbocycles. The van der Waals surface area contributed by atoms with Crippen molar-refractivity contribution in [3.8, 4) is 5.75 Å². The van der Waals surface area contributed by atoms with Crippen LogP contribution in [0.15, 0.2) is 30.5 Å². The first-order chi connectivity index (χ1) is 13.5. The first-order valence-electron chi connectivity index (χ1n) is 8.59. The van der Waals surface area contributed by atoms with Gasteiger partial charge in [0.1, 0.15) is 5.75 Å². The number of amides is 2. The molecule has 0 spiro atoms. The lowest BCUT2D eigenvalue weighted by molar-refractivity contribution is -0.122. The molecule has 1 atom stereocenters. The number of anilines is 2. The van der Waals surface area contributed by atoms with E-state index in [1.54, 1.807) is 39.8 Å². The van der Waals surface area contributed by atoms with Crippen molar-refractivity contribution in [3.05, 3.63) is 41.2 Å². The van der Waals surface area contributed by atoms with Crippen molar-refractivity contribution in [3.63, 3.8) is 0 Å². The number of benzene rings is 1. The predicted molar refractivity (Wildman–Crippen MR) is 103 cm³/mol. The lowest BCUT2D eigenvalue weighted by atomic mass is 10.1. The quantitative estimate of drug-likeness (QED) is 0.719. The van der Waals surface area contributed by atoms with E-state index in [0.29, 0.717) is 22.2 Å². The van der Waals surface area contributed by atoms with Gasteiger partial charge in [-0.2, -0.15) is 0 Å². The van der Waals surface area contributed by atoms with Crippen LogP contribution in [-0.2, 0) is 9.59 Å². The molecule has 1 fully saturated rings.